The topological polar surface area (TPSA) is 57.7 Å². The van der Waals surface area contributed by atoms with Gasteiger partial charge in [0.1, 0.15) is 0 Å². The first-order valence-corrected chi connectivity index (χ1v) is 10.3. The number of fused-ring (bicyclic) bond motifs is 1. The van der Waals surface area contributed by atoms with Crippen molar-refractivity contribution in [2.24, 2.45) is 0 Å². The zero-order chi connectivity index (χ0) is 17.5. The number of hydrogen-bond acceptors (Lipinski definition) is 6. The van der Waals surface area contributed by atoms with Crippen LogP contribution in [0, 0.1) is 0 Å². The number of thiophene rings is 1. The summed E-state index contributed by atoms with van der Waals surface area (Å²) in [5.41, 5.74) is 4.50. The smallest absolute Gasteiger partial charge is 0.208 e. The van der Waals surface area contributed by atoms with Crippen LogP contribution >= 0.6 is 34.3 Å². The molecule has 1 N–H and O–H groups in total. The van der Waals surface area contributed by atoms with Crippen molar-refractivity contribution in [3.8, 4) is 21.1 Å². The van der Waals surface area contributed by atoms with Gasteiger partial charge in [0.15, 0.2) is 5.01 Å². The maximum absolute atomic E-state index is 6.01. The Morgan fingerprint density at radius 2 is 2.00 bits per heavy atom. The van der Waals surface area contributed by atoms with E-state index in [2.05, 4.69) is 36.7 Å². The number of aromatic amines is 1. The standard InChI is InChI=1S/C18H14ClN5S2/c19-12-5-3-11(4-6-12)16-13-10-24(8-7-14(13)20-21-16)18-23-22-17(26-18)15-2-1-9-25-15/h1-6,9H,7-8,10H2,(H,20,21). The summed E-state index contributed by atoms with van der Waals surface area (Å²) >= 11 is 9.35. The maximum atomic E-state index is 6.01. The zero-order valence-corrected chi connectivity index (χ0v) is 16.0. The number of hydrogen-bond donors (Lipinski definition) is 1. The van der Waals surface area contributed by atoms with Crippen LogP contribution in [-0.2, 0) is 13.0 Å². The highest BCUT2D eigenvalue weighted by molar-refractivity contribution is 7.22. The minimum absolute atomic E-state index is 0.731. The number of benzene rings is 1. The van der Waals surface area contributed by atoms with Gasteiger partial charge < -0.3 is 4.90 Å². The summed E-state index contributed by atoms with van der Waals surface area (Å²) < 4.78 is 0. The van der Waals surface area contributed by atoms with Gasteiger partial charge in [0.25, 0.3) is 0 Å². The molecule has 0 aliphatic carbocycles. The van der Waals surface area contributed by atoms with Crippen molar-refractivity contribution in [1.29, 1.82) is 0 Å². The van der Waals surface area contributed by atoms with Crippen LogP contribution in [0.2, 0.25) is 5.02 Å². The van der Waals surface area contributed by atoms with Crippen LogP contribution in [0.3, 0.4) is 0 Å². The molecule has 5 nitrogen and oxygen atoms in total. The fourth-order valence-electron chi connectivity index (χ4n) is 3.15. The van der Waals surface area contributed by atoms with Crippen molar-refractivity contribution in [2.75, 3.05) is 11.4 Å². The Morgan fingerprint density at radius 1 is 1.12 bits per heavy atom. The van der Waals surface area contributed by atoms with E-state index in [0.717, 1.165) is 50.8 Å². The molecule has 0 saturated heterocycles. The normalized spacial score (nSPS) is 13.8. The number of rotatable bonds is 3. The lowest BCUT2D eigenvalue weighted by atomic mass is 10.0. The second-order valence-electron chi connectivity index (χ2n) is 6.07. The molecule has 0 unspecified atom stereocenters. The zero-order valence-electron chi connectivity index (χ0n) is 13.6. The van der Waals surface area contributed by atoms with Gasteiger partial charge in [-0.1, -0.05) is 41.1 Å². The van der Waals surface area contributed by atoms with Gasteiger partial charge in [-0.2, -0.15) is 5.10 Å². The molecule has 0 amide bonds. The molecular weight excluding hydrogens is 386 g/mol. The summed E-state index contributed by atoms with van der Waals surface area (Å²) in [7, 11) is 0. The van der Waals surface area contributed by atoms with Gasteiger partial charge in [-0.25, -0.2) is 0 Å². The number of halogens is 1. The lowest BCUT2D eigenvalue weighted by Crippen LogP contribution is -2.30. The Morgan fingerprint density at radius 3 is 2.81 bits per heavy atom. The van der Waals surface area contributed by atoms with Crippen LogP contribution in [0.15, 0.2) is 41.8 Å². The Kier molecular flexibility index (Phi) is 4.00. The van der Waals surface area contributed by atoms with Gasteiger partial charge in [-0.3, -0.25) is 5.10 Å². The molecule has 0 atom stereocenters. The third-order valence-corrected chi connectivity index (χ3v) is 6.74. The summed E-state index contributed by atoms with van der Waals surface area (Å²) in [5.74, 6) is 0. The number of nitrogens with one attached hydrogen (secondary N) is 1. The minimum atomic E-state index is 0.731. The van der Waals surface area contributed by atoms with Gasteiger partial charge in [0.2, 0.25) is 5.13 Å². The summed E-state index contributed by atoms with van der Waals surface area (Å²) in [6, 6.07) is 11.9. The second kappa shape index (κ2) is 6.50. The van der Waals surface area contributed by atoms with Crippen molar-refractivity contribution in [3.63, 3.8) is 0 Å². The lowest BCUT2D eigenvalue weighted by Gasteiger charge is -2.26. The van der Waals surface area contributed by atoms with Crippen molar-refractivity contribution in [3.05, 3.63) is 58.1 Å². The molecule has 0 bridgehead atoms. The third-order valence-electron chi connectivity index (χ3n) is 4.47. The van der Waals surface area contributed by atoms with Gasteiger partial charge in [0.05, 0.1) is 10.6 Å². The van der Waals surface area contributed by atoms with Crippen molar-refractivity contribution in [2.45, 2.75) is 13.0 Å². The van der Waals surface area contributed by atoms with Crippen LogP contribution in [0.1, 0.15) is 11.3 Å². The second-order valence-corrected chi connectivity index (χ2v) is 8.41. The fraction of sp³-hybridized carbons (Fsp3) is 0.167. The fourth-order valence-corrected chi connectivity index (χ4v) is 4.94. The molecule has 3 aromatic heterocycles. The number of nitrogens with zero attached hydrogens (tertiary/aromatic N) is 4. The van der Waals surface area contributed by atoms with E-state index in [-0.39, 0.29) is 0 Å². The molecule has 1 aliphatic heterocycles. The molecule has 8 heteroatoms. The number of aromatic nitrogens is 4. The van der Waals surface area contributed by atoms with E-state index in [1.54, 1.807) is 22.7 Å². The summed E-state index contributed by atoms with van der Waals surface area (Å²) in [6.45, 7) is 1.69. The molecule has 0 fully saturated rings. The molecule has 0 saturated carbocycles. The molecule has 1 aromatic carbocycles. The van der Waals surface area contributed by atoms with Crippen LogP contribution in [0.4, 0.5) is 5.13 Å². The molecule has 26 heavy (non-hydrogen) atoms. The van der Waals surface area contributed by atoms with E-state index in [1.165, 1.54) is 11.3 Å². The van der Waals surface area contributed by atoms with E-state index >= 15 is 0 Å². The Bertz CT molecular complexity index is 1040. The largest absolute Gasteiger partial charge is 0.342 e. The molecule has 0 spiro atoms. The average Bonchev–Trinajstić information content (AvgIpc) is 3.41. The van der Waals surface area contributed by atoms with Crippen LogP contribution in [0.5, 0.6) is 0 Å². The summed E-state index contributed by atoms with van der Waals surface area (Å²) in [4.78, 5) is 3.45. The van der Waals surface area contributed by atoms with Crippen LogP contribution in [0.25, 0.3) is 21.1 Å². The predicted octanol–water partition coefficient (Wildman–Crippen LogP) is 4.87. The first-order chi connectivity index (χ1) is 12.8. The Hall–Kier alpha value is -2.22. The van der Waals surface area contributed by atoms with E-state index in [9.17, 15) is 0 Å². The third kappa shape index (κ3) is 2.82. The van der Waals surface area contributed by atoms with Crippen LogP contribution in [-0.4, -0.2) is 26.9 Å². The molecule has 5 rings (SSSR count). The molecular formula is C18H14ClN5S2. The summed E-state index contributed by atoms with van der Waals surface area (Å²) in [6.07, 6.45) is 0.920. The Labute approximate surface area is 163 Å². The SMILES string of the molecule is Clc1ccc(-c2n[nH]c3c2CN(c2nnc(-c4cccs4)s2)CC3)cc1. The molecule has 4 aromatic rings. The molecule has 1 aliphatic rings. The van der Waals surface area contributed by atoms with Crippen molar-refractivity contribution in [1.82, 2.24) is 20.4 Å². The van der Waals surface area contributed by atoms with Gasteiger partial charge in [-0.15, -0.1) is 21.5 Å². The molecule has 4 heterocycles. The van der Waals surface area contributed by atoms with E-state index < -0.39 is 0 Å². The quantitative estimate of drug-likeness (QED) is 0.533. The highest BCUT2D eigenvalue weighted by atomic mass is 35.5. The molecule has 0 radical (unpaired) electrons. The van der Waals surface area contributed by atoms with E-state index in [1.807, 2.05) is 30.3 Å². The summed E-state index contributed by atoms with van der Waals surface area (Å²) in [5, 5.41) is 21.3. The lowest BCUT2D eigenvalue weighted by molar-refractivity contribution is 0.714. The average molecular weight is 400 g/mol. The highest BCUT2D eigenvalue weighted by Gasteiger charge is 2.25. The van der Waals surface area contributed by atoms with E-state index in [4.69, 9.17) is 11.6 Å². The van der Waals surface area contributed by atoms with Crippen molar-refractivity contribution < 1.29 is 0 Å². The van der Waals surface area contributed by atoms with Crippen LogP contribution < -0.4 is 4.90 Å². The highest BCUT2D eigenvalue weighted by Crippen LogP contribution is 2.35. The maximum Gasteiger partial charge on any atom is 0.208 e. The van der Waals surface area contributed by atoms with Crippen molar-refractivity contribution >= 4 is 39.4 Å². The first-order valence-electron chi connectivity index (χ1n) is 8.22. The first kappa shape index (κ1) is 16.0. The monoisotopic (exact) mass is 399 g/mol. The van der Waals surface area contributed by atoms with Gasteiger partial charge >= 0.3 is 0 Å². The van der Waals surface area contributed by atoms with E-state index in [0.29, 0.717) is 0 Å². The minimum Gasteiger partial charge on any atom is -0.342 e. The van der Waals surface area contributed by atoms with Gasteiger partial charge in [0, 0.05) is 41.4 Å². The number of H-pyrrole nitrogens is 1. The molecule has 130 valence electrons. The number of anilines is 1. The van der Waals surface area contributed by atoms with Gasteiger partial charge in [-0.05, 0) is 23.6 Å². The predicted molar refractivity (Wildman–Crippen MR) is 107 cm³/mol. The Balaban J connectivity index is 1.45.